The Morgan fingerprint density at radius 3 is 2.36 bits per heavy atom. The molecule has 158 valence electrons. The molecular formula is C23H37F2N3. The van der Waals surface area contributed by atoms with E-state index in [-0.39, 0.29) is 5.71 Å². The molecule has 0 fully saturated rings. The Kier molecular flexibility index (Phi) is 13.9. The van der Waals surface area contributed by atoms with Gasteiger partial charge in [0.1, 0.15) is 0 Å². The zero-order chi connectivity index (χ0) is 21.4. The minimum Gasteiger partial charge on any atom is -0.378 e. The Balaban J connectivity index is 5.60. The first-order valence-corrected chi connectivity index (χ1v) is 10.2. The van der Waals surface area contributed by atoms with Gasteiger partial charge in [0, 0.05) is 13.1 Å². The van der Waals surface area contributed by atoms with Gasteiger partial charge in [-0.15, -0.1) is 0 Å². The van der Waals surface area contributed by atoms with Crippen LogP contribution in [-0.2, 0) is 0 Å². The number of rotatable bonds is 13. The lowest BCUT2D eigenvalue weighted by atomic mass is 10.0. The molecule has 1 N–H and O–H groups in total. The van der Waals surface area contributed by atoms with E-state index in [4.69, 9.17) is 0 Å². The number of halogens is 2. The minimum atomic E-state index is -2.93. The second kappa shape index (κ2) is 14.9. The van der Waals surface area contributed by atoms with E-state index in [0.29, 0.717) is 12.2 Å². The SMILES string of the molecule is C\C=C/N=C(CNC(/C=C/CCC)=C/N=C(C)C(C)(F)F)\C(=C\CC)CCC. The standard InChI is InChI=1S/C23H37F2N3/c1-7-11-12-15-21(17-27-19(5)23(6,24)25)28-18-22(26-16-10-4)20(13-8-2)14-9-3/h10,12-13,15-17,28H,7-9,11,14,18H2,1-6H3/b15-12+,16-10-,20-13+,21-17+,26-22-,27-19?. The summed E-state index contributed by atoms with van der Waals surface area (Å²) >= 11 is 0. The van der Waals surface area contributed by atoms with Crippen molar-refractivity contribution >= 4 is 11.4 Å². The van der Waals surface area contributed by atoms with Crippen LogP contribution in [0.3, 0.4) is 0 Å². The molecule has 0 spiro atoms. The molecule has 0 aliphatic carbocycles. The molecule has 0 aliphatic heterocycles. The van der Waals surface area contributed by atoms with E-state index in [9.17, 15) is 8.78 Å². The molecule has 28 heavy (non-hydrogen) atoms. The molecular weight excluding hydrogens is 356 g/mol. The van der Waals surface area contributed by atoms with Crippen molar-refractivity contribution in [3.63, 3.8) is 0 Å². The molecule has 0 radical (unpaired) electrons. The summed E-state index contributed by atoms with van der Waals surface area (Å²) in [6.07, 6.45) is 16.1. The van der Waals surface area contributed by atoms with Crippen LogP contribution in [0.4, 0.5) is 8.78 Å². The van der Waals surface area contributed by atoms with Gasteiger partial charge < -0.3 is 5.32 Å². The molecule has 0 saturated carbocycles. The number of alkyl halides is 2. The average molecular weight is 394 g/mol. The summed E-state index contributed by atoms with van der Waals surface area (Å²) < 4.78 is 26.7. The maximum Gasteiger partial charge on any atom is 0.282 e. The van der Waals surface area contributed by atoms with Crippen LogP contribution in [0.1, 0.15) is 73.6 Å². The number of nitrogens with one attached hydrogen (secondary N) is 1. The summed E-state index contributed by atoms with van der Waals surface area (Å²) in [6.45, 7) is 11.0. The van der Waals surface area contributed by atoms with Gasteiger partial charge in [-0.25, -0.2) is 8.78 Å². The molecule has 0 heterocycles. The van der Waals surface area contributed by atoms with E-state index in [1.807, 2.05) is 25.2 Å². The van der Waals surface area contributed by atoms with Crippen LogP contribution in [0.5, 0.6) is 0 Å². The number of unbranched alkanes of at least 4 members (excludes halogenated alkanes) is 1. The highest BCUT2D eigenvalue weighted by Crippen LogP contribution is 2.14. The highest BCUT2D eigenvalue weighted by atomic mass is 19.3. The predicted molar refractivity (Wildman–Crippen MR) is 119 cm³/mol. The van der Waals surface area contributed by atoms with E-state index in [2.05, 4.69) is 42.1 Å². The molecule has 0 aliphatic rings. The summed E-state index contributed by atoms with van der Waals surface area (Å²) in [5.41, 5.74) is 2.65. The van der Waals surface area contributed by atoms with Gasteiger partial charge in [-0.05, 0) is 44.8 Å². The monoisotopic (exact) mass is 393 g/mol. The lowest BCUT2D eigenvalue weighted by Gasteiger charge is -2.13. The topological polar surface area (TPSA) is 36.8 Å². The Labute approximate surface area is 170 Å². The van der Waals surface area contributed by atoms with E-state index in [1.54, 1.807) is 6.20 Å². The number of nitrogens with zero attached hydrogens (tertiary/aromatic N) is 2. The molecule has 5 heteroatoms. The van der Waals surface area contributed by atoms with Crippen LogP contribution in [0.25, 0.3) is 0 Å². The Hall–Kier alpha value is -2.04. The van der Waals surface area contributed by atoms with Gasteiger partial charge >= 0.3 is 0 Å². The normalized spacial score (nSPS) is 15.1. The quantitative estimate of drug-likeness (QED) is 0.265. The molecule has 0 aromatic carbocycles. The fraction of sp³-hybridized carbons (Fsp3) is 0.565. The maximum absolute atomic E-state index is 13.4. The molecule has 0 rings (SSSR count). The summed E-state index contributed by atoms with van der Waals surface area (Å²) in [6, 6.07) is 0. The minimum absolute atomic E-state index is 0.212. The average Bonchev–Trinajstić information content (AvgIpc) is 2.64. The van der Waals surface area contributed by atoms with Crippen molar-refractivity contribution in [2.75, 3.05) is 6.54 Å². The predicted octanol–water partition coefficient (Wildman–Crippen LogP) is 7.00. The molecule has 0 saturated heterocycles. The number of hydrogen-bond donors (Lipinski definition) is 1. The van der Waals surface area contributed by atoms with Gasteiger partial charge in [-0.3, -0.25) is 9.98 Å². The van der Waals surface area contributed by atoms with E-state index < -0.39 is 5.92 Å². The van der Waals surface area contributed by atoms with Crippen LogP contribution in [0.2, 0.25) is 0 Å². The van der Waals surface area contributed by atoms with Crippen molar-refractivity contribution in [3.8, 4) is 0 Å². The molecule has 0 aromatic heterocycles. The van der Waals surface area contributed by atoms with Gasteiger partial charge in [0.15, 0.2) is 0 Å². The van der Waals surface area contributed by atoms with Crippen molar-refractivity contribution in [3.05, 3.63) is 48.0 Å². The van der Waals surface area contributed by atoms with Crippen LogP contribution in [0, 0.1) is 0 Å². The van der Waals surface area contributed by atoms with Crippen molar-refractivity contribution < 1.29 is 8.78 Å². The molecule has 0 atom stereocenters. The van der Waals surface area contributed by atoms with Gasteiger partial charge in [-0.1, -0.05) is 51.8 Å². The summed E-state index contributed by atoms with van der Waals surface area (Å²) in [4.78, 5) is 8.54. The number of aliphatic imine (C=N–C) groups is 2. The van der Waals surface area contributed by atoms with Crippen LogP contribution >= 0.6 is 0 Å². The Morgan fingerprint density at radius 1 is 1.11 bits per heavy atom. The molecule has 0 unspecified atom stereocenters. The van der Waals surface area contributed by atoms with Crippen molar-refractivity contribution in [1.82, 2.24) is 5.32 Å². The van der Waals surface area contributed by atoms with E-state index in [1.165, 1.54) is 18.7 Å². The third-order valence-electron chi connectivity index (χ3n) is 3.97. The highest BCUT2D eigenvalue weighted by Gasteiger charge is 2.24. The zero-order valence-electron chi connectivity index (χ0n) is 18.4. The van der Waals surface area contributed by atoms with Gasteiger partial charge in [0.05, 0.1) is 29.9 Å². The van der Waals surface area contributed by atoms with Crippen LogP contribution in [0.15, 0.2) is 58.0 Å². The lowest BCUT2D eigenvalue weighted by molar-refractivity contribution is 0.0998. The first-order valence-electron chi connectivity index (χ1n) is 10.2. The maximum atomic E-state index is 13.4. The van der Waals surface area contributed by atoms with Crippen LogP contribution in [-0.4, -0.2) is 23.9 Å². The van der Waals surface area contributed by atoms with E-state index >= 15 is 0 Å². The van der Waals surface area contributed by atoms with Gasteiger partial charge in [-0.2, -0.15) is 0 Å². The van der Waals surface area contributed by atoms with Gasteiger partial charge in [0.2, 0.25) is 0 Å². The Morgan fingerprint density at radius 2 is 1.82 bits per heavy atom. The first-order chi connectivity index (χ1) is 13.3. The molecule has 0 bridgehead atoms. The second-order valence-corrected chi connectivity index (χ2v) is 6.68. The van der Waals surface area contributed by atoms with Gasteiger partial charge in [0.25, 0.3) is 5.92 Å². The second-order valence-electron chi connectivity index (χ2n) is 6.68. The largest absolute Gasteiger partial charge is 0.378 e. The lowest BCUT2D eigenvalue weighted by Crippen LogP contribution is -2.24. The first kappa shape index (κ1) is 26.0. The van der Waals surface area contributed by atoms with Crippen LogP contribution < -0.4 is 5.32 Å². The van der Waals surface area contributed by atoms with E-state index in [0.717, 1.165) is 44.7 Å². The highest BCUT2D eigenvalue weighted by molar-refractivity contribution is 6.02. The molecule has 0 aromatic rings. The van der Waals surface area contributed by atoms with Crippen molar-refractivity contribution in [2.24, 2.45) is 9.98 Å². The third kappa shape index (κ3) is 11.6. The smallest absolute Gasteiger partial charge is 0.282 e. The van der Waals surface area contributed by atoms with Crippen molar-refractivity contribution in [2.45, 2.75) is 79.6 Å². The number of hydrogen-bond acceptors (Lipinski definition) is 3. The number of allylic oxidation sites excluding steroid dienone is 4. The fourth-order valence-electron chi connectivity index (χ4n) is 2.28. The summed E-state index contributed by atoms with van der Waals surface area (Å²) in [5.74, 6) is -2.93. The third-order valence-corrected chi connectivity index (χ3v) is 3.97. The molecule has 3 nitrogen and oxygen atoms in total. The fourth-order valence-corrected chi connectivity index (χ4v) is 2.28. The zero-order valence-corrected chi connectivity index (χ0v) is 18.4. The summed E-state index contributed by atoms with van der Waals surface area (Å²) in [7, 11) is 0. The summed E-state index contributed by atoms with van der Waals surface area (Å²) in [5, 5.41) is 3.31. The molecule has 0 amide bonds. The Bertz CT molecular complexity index is 618. The van der Waals surface area contributed by atoms with Crippen molar-refractivity contribution in [1.29, 1.82) is 0 Å².